The lowest BCUT2D eigenvalue weighted by molar-refractivity contribution is 0.781. The van der Waals surface area contributed by atoms with Gasteiger partial charge in [0.1, 0.15) is 0 Å². The van der Waals surface area contributed by atoms with Crippen molar-refractivity contribution in [3.63, 3.8) is 0 Å². The lowest BCUT2D eigenvalue weighted by atomic mass is 10.1. The van der Waals surface area contributed by atoms with Gasteiger partial charge in [-0.05, 0) is 44.9 Å². The first-order valence-corrected chi connectivity index (χ1v) is 9.93. The Kier molecular flexibility index (Phi) is 5.20. The number of pyridine rings is 1. The second kappa shape index (κ2) is 7.95. The van der Waals surface area contributed by atoms with Gasteiger partial charge < -0.3 is 0 Å². The third-order valence-electron chi connectivity index (χ3n) is 4.79. The van der Waals surface area contributed by atoms with Gasteiger partial charge in [-0.25, -0.2) is 19.0 Å². The quantitative estimate of drug-likeness (QED) is 0.470. The number of allylic oxidation sites excluding steroid dienone is 3. The third-order valence-corrected chi connectivity index (χ3v) is 4.79. The molecule has 0 aliphatic rings. The Bertz CT molecular complexity index is 1230. The minimum atomic E-state index is 0.642. The van der Waals surface area contributed by atoms with Gasteiger partial charge >= 0.3 is 0 Å². The molecule has 0 saturated heterocycles. The number of hydrogen-bond donors (Lipinski definition) is 0. The van der Waals surface area contributed by atoms with Gasteiger partial charge in [-0.2, -0.15) is 10.1 Å². The molecular formula is C22H25N7. The summed E-state index contributed by atoms with van der Waals surface area (Å²) >= 11 is 0. The first-order chi connectivity index (χ1) is 14.0. The van der Waals surface area contributed by atoms with E-state index in [-0.39, 0.29) is 0 Å². The molecule has 0 radical (unpaired) electrons. The summed E-state index contributed by atoms with van der Waals surface area (Å²) in [5.41, 5.74) is 5.11. The highest BCUT2D eigenvalue weighted by Gasteiger charge is 2.12. The number of aryl methyl sites for hydroxylation is 5. The van der Waals surface area contributed by atoms with E-state index in [1.54, 1.807) is 4.52 Å². The normalized spacial score (nSPS) is 12.3. The number of fused-ring (bicyclic) bond motifs is 2. The van der Waals surface area contributed by atoms with Crippen LogP contribution in [-0.2, 0) is 12.8 Å². The fraction of sp³-hybridized carbons (Fsp3) is 0.318. The monoisotopic (exact) mass is 387 g/mol. The lowest BCUT2D eigenvalue weighted by Crippen LogP contribution is -1.98. The average Bonchev–Trinajstić information content (AvgIpc) is 3.28. The number of rotatable bonds is 6. The second-order valence-corrected chi connectivity index (χ2v) is 7.18. The summed E-state index contributed by atoms with van der Waals surface area (Å²) in [5, 5.41) is 9.21. The highest BCUT2D eigenvalue weighted by Crippen LogP contribution is 2.17. The summed E-state index contributed by atoms with van der Waals surface area (Å²) in [5.74, 6) is 2.18. The van der Waals surface area contributed by atoms with Crippen LogP contribution >= 0.6 is 0 Å². The van der Waals surface area contributed by atoms with Gasteiger partial charge in [0.05, 0.1) is 0 Å². The fourth-order valence-electron chi connectivity index (χ4n) is 3.32. The fourth-order valence-corrected chi connectivity index (χ4v) is 3.32. The van der Waals surface area contributed by atoms with E-state index in [1.165, 1.54) is 5.56 Å². The van der Waals surface area contributed by atoms with Crippen molar-refractivity contribution in [2.75, 3.05) is 0 Å². The van der Waals surface area contributed by atoms with E-state index in [9.17, 15) is 0 Å². The van der Waals surface area contributed by atoms with Gasteiger partial charge in [0.2, 0.25) is 0 Å². The van der Waals surface area contributed by atoms with Crippen LogP contribution in [0.4, 0.5) is 0 Å². The van der Waals surface area contributed by atoms with E-state index in [0.29, 0.717) is 18.6 Å². The first kappa shape index (κ1) is 19.0. The van der Waals surface area contributed by atoms with Gasteiger partial charge in [0.25, 0.3) is 5.78 Å². The van der Waals surface area contributed by atoms with Crippen molar-refractivity contribution in [3.05, 3.63) is 70.7 Å². The van der Waals surface area contributed by atoms with Crippen molar-refractivity contribution >= 4 is 17.5 Å². The van der Waals surface area contributed by atoms with Gasteiger partial charge in [0, 0.05) is 36.0 Å². The van der Waals surface area contributed by atoms with Crippen molar-refractivity contribution in [2.24, 2.45) is 0 Å². The molecule has 0 saturated carbocycles. The summed E-state index contributed by atoms with van der Waals surface area (Å²) < 4.78 is 3.63. The molecule has 4 aromatic heterocycles. The molecule has 0 aliphatic heterocycles. The molecular weight excluding hydrogens is 362 g/mol. The summed E-state index contributed by atoms with van der Waals surface area (Å²) in [4.78, 5) is 13.8. The van der Waals surface area contributed by atoms with Gasteiger partial charge in [-0.15, -0.1) is 5.10 Å². The standard InChI is InChI=1S/C22H25N7/c1-5-6-7-8-9-18-15(2)12-13-28-21(18)24-19(26-28)10-11-20-25-22-23-16(3)14-17(4)29(22)27-20/h6-9,12-14H,5,10-11H2,1-4H3/b7-6+,9-8-. The highest BCUT2D eigenvalue weighted by atomic mass is 15.3. The summed E-state index contributed by atoms with van der Waals surface area (Å²) in [6.07, 6.45) is 12.7. The smallest absolute Gasteiger partial charge is 0.220 e. The maximum atomic E-state index is 4.77. The van der Waals surface area contributed by atoms with Crippen molar-refractivity contribution < 1.29 is 0 Å². The first-order valence-electron chi connectivity index (χ1n) is 9.93. The maximum Gasteiger partial charge on any atom is 0.252 e. The Labute approximate surface area is 169 Å². The summed E-state index contributed by atoms with van der Waals surface area (Å²) in [6, 6.07) is 4.07. The Morgan fingerprint density at radius 2 is 1.76 bits per heavy atom. The van der Waals surface area contributed by atoms with Crippen LogP contribution < -0.4 is 0 Å². The zero-order valence-electron chi connectivity index (χ0n) is 17.3. The Hall–Kier alpha value is -3.35. The summed E-state index contributed by atoms with van der Waals surface area (Å²) in [6.45, 7) is 8.19. The molecule has 148 valence electrons. The van der Waals surface area contributed by atoms with Crippen LogP contribution in [0, 0.1) is 20.8 Å². The molecule has 4 rings (SSSR count). The van der Waals surface area contributed by atoms with Gasteiger partial charge in [-0.1, -0.05) is 31.2 Å². The van der Waals surface area contributed by atoms with E-state index in [4.69, 9.17) is 4.98 Å². The maximum absolute atomic E-state index is 4.77. The summed E-state index contributed by atoms with van der Waals surface area (Å²) in [7, 11) is 0. The van der Waals surface area contributed by atoms with Crippen LogP contribution in [0.15, 0.2) is 36.6 Å². The Balaban J connectivity index is 1.58. The van der Waals surface area contributed by atoms with Crippen LogP contribution in [0.1, 0.15) is 47.5 Å². The molecule has 0 aromatic carbocycles. The predicted octanol–water partition coefficient (Wildman–Crippen LogP) is 3.86. The van der Waals surface area contributed by atoms with E-state index in [1.807, 2.05) is 30.6 Å². The highest BCUT2D eigenvalue weighted by molar-refractivity contribution is 5.68. The number of hydrogen-bond acceptors (Lipinski definition) is 5. The van der Waals surface area contributed by atoms with Crippen molar-refractivity contribution in [2.45, 2.75) is 47.0 Å². The minimum absolute atomic E-state index is 0.642. The van der Waals surface area contributed by atoms with Crippen molar-refractivity contribution in [3.8, 4) is 0 Å². The van der Waals surface area contributed by atoms with Crippen LogP contribution in [0.3, 0.4) is 0 Å². The van der Waals surface area contributed by atoms with Gasteiger partial charge in [-0.3, -0.25) is 0 Å². The molecule has 0 N–H and O–H groups in total. The van der Waals surface area contributed by atoms with E-state index in [2.05, 4.69) is 64.4 Å². The average molecular weight is 387 g/mol. The van der Waals surface area contributed by atoms with Crippen LogP contribution in [-0.4, -0.2) is 34.2 Å². The largest absolute Gasteiger partial charge is 0.252 e. The van der Waals surface area contributed by atoms with Crippen molar-refractivity contribution in [1.29, 1.82) is 0 Å². The molecule has 29 heavy (non-hydrogen) atoms. The molecule has 0 amide bonds. The van der Waals surface area contributed by atoms with Crippen molar-refractivity contribution in [1.82, 2.24) is 34.2 Å². The zero-order valence-corrected chi connectivity index (χ0v) is 17.3. The third kappa shape index (κ3) is 3.94. The Morgan fingerprint density at radius 1 is 0.966 bits per heavy atom. The lowest BCUT2D eigenvalue weighted by Gasteiger charge is -2.01. The van der Waals surface area contributed by atoms with E-state index < -0.39 is 0 Å². The van der Waals surface area contributed by atoms with Gasteiger partial charge in [0.15, 0.2) is 17.3 Å². The van der Waals surface area contributed by atoms with Crippen LogP contribution in [0.2, 0.25) is 0 Å². The predicted molar refractivity (Wildman–Crippen MR) is 114 cm³/mol. The molecule has 0 atom stereocenters. The van der Waals surface area contributed by atoms with E-state index in [0.717, 1.165) is 40.7 Å². The molecule has 7 heteroatoms. The topological polar surface area (TPSA) is 73.3 Å². The number of aromatic nitrogens is 7. The number of nitrogens with zero attached hydrogens (tertiary/aromatic N) is 7. The SMILES string of the molecule is CC/C=C/C=C\c1c(C)ccn2nc(CCc3nc4nc(C)cc(C)n4n3)nc12. The second-order valence-electron chi connectivity index (χ2n) is 7.18. The molecule has 4 aromatic rings. The van der Waals surface area contributed by atoms with E-state index >= 15 is 0 Å². The molecule has 0 aliphatic carbocycles. The molecule has 0 spiro atoms. The molecule has 0 fully saturated rings. The molecule has 4 heterocycles. The Morgan fingerprint density at radius 3 is 2.55 bits per heavy atom. The van der Waals surface area contributed by atoms with Crippen LogP contribution in [0.5, 0.6) is 0 Å². The zero-order chi connectivity index (χ0) is 20.4. The van der Waals surface area contributed by atoms with Crippen LogP contribution in [0.25, 0.3) is 17.5 Å². The molecule has 0 bridgehead atoms. The minimum Gasteiger partial charge on any atom is -0.220 e. The molecule has 7 nitrogen and oxygen atoms in total. The molecule has 0 unspecified atom stereocenters.